The van der Waals surface area contributed by atoms with Gasteiger partial charge in [-0.3, -0.25) is 9.48 Å². The van der Waals surface area contributed by atoms with Crippen LogP contribution in [0.1, 0.15) is 37.0 Å². The van der Waals surface area contributed by atoms with Crippen molar-refractivity contribution >= 4 is 23.1 Å². The first-order valence-electron chi connectivity index (χ1n) is 6.13. The first-order chi connectivity index (χ1) is 8.49. The topological polar surface area (TPSA) is 72.9 Å². The van der Waals surface area contributed by atoms with Crippen LogP contribution in [-0.2, 0) is 13.0 Å². The largest absolute Gasteiger partial charge is 0.393 e. The second kappa shape index (κ2) is 6.49. The number of nitrogens with two attached hydrogens (primary N) is 1. The molecular formula is C12H20N4OS. The summed E-state index contributed by atoms with van der Waals surface area (Å²) in [5.41, 5.74) is 7.01. The van der Waals surface area contributed by atoms with Crippen LogP contribution >= 0.6 is 12.2 Å². The maximum Gasteiger partial charge on any atom is 0.269 e. The standard InChI is InChI=1S/C12H20N4OS/c1-4-9-6-10(16(5-2)15-9)12(17)14-7-8(3)11(13)18/h6,8H,4-5,7H2,1-3H3,(H2,13,18)(H,14,17). The Morgan fingerprint density at radius 3 is 2.78 bits per heavy atom. The van der Waals surface area contributed by atoms with Crippen LogP contribution < -0.4 is 11.1 Å². The second-order valence-electron chi connectivity index (χ2n) is 4.20. The molecular weight excluding hydrogens is 248 g/mol. The summed E-state index contributed by atoms with van der Waals surface area (Å²) in [6.45, 7) is 6.98. The van der Waals surface area contributed by atoms with Gasteiger partial charge in [0.15, 0.2) is 0 Å². The average Bonchev–Trinajstić information content (AvgIpc) is 2.78. The molecule has 0 fully saturated rings. The van der Waals surface area contributed by atoms with E-state index in [1.807, 2.05) is 26.8 Å². The van der Waals surface area contributed by atoms with Gasteiger partial charge in [-0.25, -0.2) is 0 Å². The minimum atomic E-state index is -0.132. The molecule has 0 aliphatic heterocycles. The van der Waals surface area contributed by atoms with Gasteiger partial charge < -0.3 is 11.1 Å². The van der Waals surface area contributed by atoms with Gasteiger partial charge in [0.2, 0.25) is 0 Å². The van der Waals surface area contributed by atoms with Gasteiger partial charge in [0.1, 0.15) is 5.69 Å². The monoisotopic (exact) mass is 268 g/mol. The van der Waals surface area contributed by atoms with Crippen LogP contribution in [0.25, 0.3) is 0 Å². The molecule has 6 heteroatoms. The van der Waals surface area contributed by atoms with Crippen LogP contribution in [0.15, 0.2) is 6.07 Å². The predicted octanol–water partition coefficient (Wildman–Crippen LogP) is 1.12. The van der Waals surface area contributed by atoms with Gasteiger partial charge in [-0.1, -0.05) is 26.1 Å². The zero-order valence-electron chi connectivity index (χ0n) is 11.1. The number of nitrogens with zero attached hydrogens (tertiary/aromatic N) is 2. The molecule has 5 nitrogen and oxygen atoms in total. The van der Waals surface area contributed by atoms with Crippen molar-refractivity contribution in [1.82, 2.24) is 15.1 Å². The van der Waals surface area contributed by atoms with Gasteiger partial charge in [0.05, 0.1) is 10.7 Å². The van der Waals surface area contributed by atoms with E-state index in [4.69, 9.17) is 18.0 Å². The summed E-state index contributed by atoms with van der Waals surface area (Å²) in [5, 5.41) is 7.16. The highest BCUT2D eigenvalue weighted by atomic mass is 32.1. The highest BCUT2D eigenvalue weighted by Crippen LogP contribution is 2.06. The Bertz CT molecular complexity index is 441. The Labute approximate surface area is 113 Å². The summed E-state index contributed by atoms with van der Waals surface area (Å²) in [7, 11) is 0. The number of amides is 1. The maximum absolute atomic E-state index is 12.0. The molecule has 18 heavy (non-hydrogen) atoms. The fraction of sp³-hybridized carbons (Fsp3) is 0.583. The van der Waals surface area contributed by atoms with Crippen molar-refractivity contribution in [3.05, 3.63) is 17.5 Å². The maximum atomic E-state index is 12.0. The van der Waals surface area contributed by atoms with Crippen molar-refractivity contribution in [3.8, 4) is 0 Å². The Balaban J connectivity index is 2.71. The SMILES string of the molecule is CCc1cc(C(=O)NCC(C)C(N)=S)n(CC)n1. The van der Waals surface area contributed by atoms with Crippen LogP contribution in [0.3, 0.4) is 0 Å². The van der Waals surface area contributed by atoms with E-state index < -0.39 is 0 Å². The van der Waals surface area contributed by atoms with Gasteiger partial charge in [-0.05, 0) is 19.4 Å². The van der Waals surface area contributed by atoms with E-state index >= 15 is 0 Å². The Morgan fingerprint density at radius 2 is 2.28 bits per heavy atom. The number of aryl methyl sites for hydroxylation is 2. The number of nitrogens with one attached hydrogen (secondary N) is 1. The molecule has 1 rings (SSSR count). The Hall–Kier alpha value is -1.43. The molecule has 100 valence electrons. The molecule has 0 saturated heterocycles. The number of carbonyl (C=O) groups is 1. The molecule has 0 aliphatic carbocycles. The molecule has 1 aromatic heterocycles. The molecule has 1 atom stereocenters. The first kappa shape index (κ1) is 14.6. The van der Waals surface area contributed by atoms with E-state index in [2.05, 4.69) is 10.4 Å². The molecule has 0 aliphatic rings. The minimum Gasteiger partial charge on any atom is -0.393 e. The van der Waals surface area contributed by atoms with Crippen molar-refractivity contribution in [1.29, 1.82) is 0 Å². The van der Waals surface area contributed by atoms with Gasteiger partial charge in [0, 0.05) is 19.0 Å². The number of hydrogen-bond acceptors (Lipinski definition) is 3. The van der Waals surface area contributed by atoms with E-state index in [0.717, 1.165) is 12.1 Å². The fourth-order valence-electron chi connectivity index (χ4n) is 1.50. The molecule has 0 bridgehead atoms. The molecule has 1 amide bonds. The van der Waals surface area contributed by atoms with Crippen LogP contribution in [-0.4, -0.2) is 27.2 Å². The zero-order valence-corrected chi connectivity index (χ0v) is 11.9. The van der Waals surface area contributed by atoms with E-state index in [9.17, 15) is 4.79 Å². The summed E-state index contributed by atoms with van der Waals surface area (Å²) in [6, 6.07) is 1.82. The molecule has 0 spiro atoms. The number of hydrogen-bond donors (Lipinski definition) is 2. The van der Waals surface area contributed by atoms with Crippen molar-refractivity contribution in [2.24, 2.45) is 11.7 Å². The van der Waals surface area contributed by atoms with Gasteiger partial charge in [0.25, 0.3) is 5.91 Å². The van der Waals surface area contributed by atoms with Crippen LogP contribution in [0.4, 0.5) is 0 Å². The molecule has 0 aromatic carbocycles. The van der Waals surface area contributed by atoms with Crippen LogP contribution in [0, 0.1) is 5.92 Å². The number of aromatic nitrogens is 2. The third-order valence-electron chi connectivity index (χ3n) is 2.78. The zero-order chi connectivity index (χ0) is 13.7. The normalized spacial score (nSPS) is 12.2. The summed E-state index contributed by atoms with van der Waals surface area (Å²) >= 11 is 4.87. The van der Waals surface area contributed by atoms with E-state index in [1.54, 1.807) is 4.68 Å². The van der Waals surface area contributed by atoms with Crippen molar-refractivity contribution < 1.29 is 4.79 Å². The molecule has 0 saturated carbocycles. The van der Waals surface area contributed by atoms with Crippen LogP contribution in [0.5, 0.6) is 0 Å². The van der Waals surface area contributed by atoms with Crippen molar-refractivity contribution in [2.45, 2.75) is 33.7 Å². The summed E-state index contributed by atoms with van der Waals surface area (Å²) in [5.74, 6) is -0.139. The third-order valence-corrected chi connectivity index (χ3v) is 3.18. The second-order valence-corrected chi connectivity index (χ2v) is 4.68. The molecule has 3 N–H and O–H groups in total. The smallest absolute Gasteiger partial charge is 0.269 e. The molecule has 1 heterocycles. The lowest BCUT2D eigenvalue weighted by atomic mass is 10.2. The third kappa shape index (κ3) is 3.53. The molecule has 1 aromatic rings. The average molecular weight is 268 g/mol. The lowest BCUT2D eigenvalue weighted by molar-refractivity contribution is 0.0940. The predicted molar refractivity (Wildman–Crippen MR) is 75.6 cm³/mol. The van der Waals surface area contributed by atoms with Crippen molar-refractivity contribution in [3.63, 3.8) is 0 Å². The van der Waals surface area contributed by atoms with Gasteiger partial charge in [-0.2, -0.15) is 5.10 Å². The summed E-state index contributed by atoms with van der Waals surface area (Å²) in [6.07, 6.45) is 0.816. The van der Waals surface area contributed by atoms with E-state index in [-0.39, 0.29) is 11.8 Å². The fourth-order valence-corrected chi connectivity index (χ4v) is 1.59. The molecule has 1 unspecified atom stereocenters. The molecule has 0 radical (unpaired) electrons. The lowest BCUT2D eigenvalue weighted by Gasteiger charge is -2.11. The lowest BCUT2D eigenvalue weighted by Crippen LogP contribution is -2.34. The van der Waals surface area contributed by atoms with Crippen molar-refractivity contribution in [2.75, 3.05) is 6.54 Å². The van der Waals surface area contributed by atoms with Crippen LogP contribution in [0.2, 0.25) is 0 Å². The minimum absolute atomic E-state index is 0.00686. The van der Waals surface area contributed by atoms with Gasteiger partial charge >= 0.3 is 0 Å². The highest BCUT2D eigenvalue weighted by Gasteiger charge is 2.15. The number of thiocarbonyl (C=S) groups is 1. The first-order valence-corrected chi connectivity index (χ1v) is 6.54. The van der Waals surface area contributed by atoms with E-state index in [0.29, 0.717) is 23.8 Å². The number of carbonyl (C=O) groups excluding carboxylic acids is 1. The van der Waals surface area contributed by atoms with E-state index in [1.165, 1.54) is 0 Å². The van der Waals surface area contributed by atoms with Gasteiger partial charge in [-0.15, -0.1) is 0 Å². The summed E-state index contributed by atoms with van der Waals surface area (Å²) < 4.78 is 1.71. The highest BCUT2D eigenvalue weighted by molar-refractivity contribution is 7.80. The Kier molecular flexibility index (Phi) is 5.27. The number of rotatable bonds is 6. The quantitative estimate of drug-likeness (QED) is 0.758. The summed E-state index contributed by atoms with van der Waals surface area (Å²) in [4.78, 5) is 12.4. The Morgan fingerprint density at radius 1 is 1.61 bits per heavy atom.